The van der Waals surface area contributed by atoms with Gasteiger partial charge in [0, 0.05) is 0 Å². The minimum atomic E-state index is 0.769. The summed E-state index contributed by atoms with van der Waals surface area (Å²) >= 11 is 4.28. The Morgan fingerprint density at radius 3 is 1.80 bits per heavy atom. The third-order valence-electron chi connectivity index (χ3n) is 2.10. The van der Waals surface area contributed by atoms with E-state index in [4.69, 9.17) is 0 Å². The Kier molecular flexibility index (Phi) is 5.24. The van der Waals surface area contributed by atoms with E-state index >= 15 is 0 Å². The maximum absolute atomic E-state index is 4.28. The van der Waals surface area contributed by atoms with Crippen molar-refractivity contribution in [2.75, 3.05) is 5.75 Å². The number of hydrogen-bond donors (Lipinski definition) is 1. The molecule has 10 heavy (non-hydrogen) atoms. The largest absolute Gasteiger partial charge is 0.179 e. The van der Waals surface area contributed by atoms with Crippen molar-refractivity contribution in [3.63, 3.8) is 0 Å². The topological polar surface area (TPSA) is 0 Å². The van der Waals surface area contributed by atoms with E-state index in [1.165, 1.54) is 6.42 Å². The van der Waals surface area contributed by atoms with Gasteiger partial charge in [0.15, 0.2) is 0 Å². The van der Waals surface area contributed by atoms with Crippen molar-refractivity contribution in [3.8, 4) is 0 Å². The Bertz CT molecular complexity index is 78.8. The van der Waals surface area contributed by atoms with Gasteiger partial charge in [0.1, 0.15) is 0 Å². The zero-order chi connectivity index (χ0) is 8.15. The molecule has 1 heteroatoms. The molecular weight excluding hydrogens is 140 g/mol. The Hall–Kier alpha value is 0.350. The Balaban J connectivity index is 3.50. The molecule has 0 aliphatic heterocycles. The minimum absolute atomic E-state index is 0.769. The smallest absolute Gasteiger partial charge is 0.00696 e. The van der Waals surface area contributed by atoms with Crippen LogP contribution in [0.1, 0.15) is 34.1 Å². The maximum Gasteiger partial charge on any atom is -0.00696 e. The zero-order valence-electron chi connectivity index (χ0n) is 7.59. The Morgan fingerprint density at radius 2 is 1.50 bits per heavy atom. The Labute approximate surface area is 70.8 Å². The average Bonchev–Trinajstić information content (AvgIpc) is 1.85. The molecule has 0 nitrogen and oxygen atoms in total. The molecule has 2 atom stereocenters. The molecule has 0 saturated carbocycles. The summed E-state index contributed by atoms with van der Waals surface area (Å²) in [6, 6.07) is 0. The van der Waals surface area contributed by atoms with Gasteiger partial charge in [0.2, 0.25) is 0 Å². The van der Waals surface area contributed by atoms with Crippen LogP contribution in [-0.2, 0) is 0 Å². The molecule has 0 radical (unpaired) electrons. The normalized spacial score (nSPS) is 17.4. The van der Waals surface area contributed by atoms with Crippen molar-refractivity contribution in [1.82, 2.24) is 0 Å². The van der Waals surface area contributed by atoms with E-state index in [1.54, 1.807) is 0 Å². The molecule has 0 saturated heterocycles. The lowest BCUT2D eigenvalue weighted by molar-refractivity contribution is 0.349. The van der Waals surface area contributed by atoms with E-state index in [1.807, 2.05) is 0 Å². The highest BCUT2D eigenvalue weighted by Crippen LogP contribution is 2.20. The van der Waals surface area contributed by atoms with Crippen molar-refractivity contribution in [2.24, 2.45) is 17.8 Å². The molecule has 2 unspecified atom stereocenters. The molecule has 0 heterocycles. The van der Waals surface area contributed by atoms with Gasteiger partial charge in [-0.25, -0.2) is 0 Å². The van der Waals surface area contributed by atoms with Gasteiger partial charge in [0.05, 0.1) is 0 Å². The van der Waals surface area contributed by atoms with Crippen LogP contribution >= 0.6 is 12.6 Å². The molecule has 0 aliphatic rings. The first kappa shape index (κ1) is 10.3. The quantitative estimate of drug-likeness (QED) is 0.600. The second-order valence-corrected chi connectivity index (χ2v) is 4.13. The van der Waals surface area contributed by atoms with Crippen LogP contribution in [0.5, 0.6) is 0 Å². The Morgan fingerprint density at radius 1 is 1.00 bits per heavy atom. The van der Waals surface area contributed by atoms with E-state index in [9.17, 15) is 0 Å². The van der Waals surface area contributed by atoms with Gasteiger partial charge >= 0.3 is 0 Å². The molecule has 0 aliphatic carbocycles. The van der Waals surface area contributed by atoms with Crippen LogP contribution < -0.4 is 0 Å². The lowest BCUT2D eigenvalue weighted by Crippen LogP contribution is -2.11. The summed E-state index contributed by atoms with van der Waals surface area (Å²) < 4.78 is 0. The minimum Gasteiger partial charge on any atom is -0.179 e. The van der Waals surface area contributed by atoms with Crippen LogP contribution in [0.25, 0.3) is 0 Å². The highest BCUT2D eigenvalue weighted by atomic mass is 32.1. The van der Waals surface area contributed by atoms with Gasteiger partial charge in [-0.05, 0) is 29.9 Å². The summed E-state index contributed by atoms with van der Waals surface area (Å²) in [5.41, 5.74) is 0. The molecule has 0 spiro atoms. The van der Waals surface area contributed by atoms with Crippen molar-refractivity contribution < 1.29 is 0 Å². The van der Waals surface area contributed by atoms with Gasteiger partial charge in [-0.1, -0.05) is 27.7 Å². The van der Waals surface area contributed by atoms with Crippen LogP contribution in [0.2, 0.25) is 0 Å². The molecule has 0 fully saturated rings. The van der Waals surface area contributed by atoms with E-state index in [0.29, 0.717) is 0 Å². The van der Waals surface area contributed by atoms with E-state index < -0.39 is 0 Å². The maximum atomic E-state index is 4.28. The zero-order valence-corrected chi connectivity index (χ0v) is 8.49. The fraction of sp³-hybridized carbons (Fsp3) is 1.00. The lowest BCUT2D eigenvalue weighted by Gasteiger charge is -2.19. The summed E-state index contributed by atoms with van der Waals surface area (Å²) in [7, 11) is 0. The first-order valence-electron chi connectivity index (χ1n) is 4.18. The van der Waals surface area contributed by atoms with E-state index in [0.717, 1.165) is 23.5 Å². The average molecular weight is 160 g/mol. The summed E-state index contributed by atoms with van der Waals surface area (Å²) in [5.74, 6) is 3.45. The van der Waals surface area contributed by atoms with Gasteiger partial charge < -0.3 is 0 Å². The standard InChI is InChI=1S/C9H20S/c1-7(2)5-8(3)9(4)6-10/h7-10H,5-6H2,1-4H3. The summed E-state index contributed by atoms with van der Waals surface area (Å²) in [6.07, 6.45) is 1.34. The van der Waals surface area contributed by atoms with Gasteiger partial charge in [0.25, 0.3) is 0 Å². The number of thiol groups is 1. The van der Waals surface area contributed by atoms with Crippen molar-refractivity contribution in [1.29, 1.82) is 0 Å². The van der Waals surface area contributed by atoms with Crippen molar-refractivity contribution >= 4 is 12.6 Å². The van der Waals surface area contributed by atoms with Crippen LogP contribution in [0.15, 0.2) is 0 Å². The van der Waals surface area contributed by atoms with E-state index in [2.05, 4.69) is 40.3 Å². The third-order valence-corrected chi connectivity index (χ3v) is 2.68. The fourth-order valence-electron chi connectivity index (χ4n) is 1.16. The van der Waals surface area contributed by atoms with Crippen molar-refractivity contribution in [3.05, 3.63) is 0 Å². The highest BCUT2D eigenvalue weighted by molar-refractivity contribution is 7.80. The molecule has 0 N–H and O–H groups in total. The monoisotopic (exact) mass is 160 g/mol. The lowest BCUT2D eigenvalue weighted by atomic mass is 9.89. The van der Waals surface area contributed by atoms with Crippen LogP contribution in [-0.4, -0.2) is 5.75 Å². The first-order chi connectivity index (χ1) is 4.57. The van der Waals surface area contributed by atoms with Gasteiger partial charge in [-0.3, -0.25) is 0 Å². The highest BCUT2D eigenvalue weighted by Gasteiger charge is 2.11. The number of rotatable bonds is 4. The van der Waals surface area contributed by atoms with Crippen LogP contribution in [0.3, 0.4) is 0 Å². The predicted octanol–water partition coefficient (Wildman–Crippen LogP) is 3.23. The molecular formula is C9H20S. The van der Waals surface area contributed by atoms with Gasteiger partial charge in [-0.15, -0.1) is 0 Å². The first-order valence-corrected chi connectivity index (χ1v) is 4.82. The second kappa shape index (κ2) is 5.06. The number of hydrogen-bond acceptors (Lipinski definition) is 1. The fourth-order valence-corrected chi connectivity index (χ4v) is 1.52. The third kappa shape index (κ3) is 4.21. The van der Waals surface area contributed by atoms with Crippen LogP contribution in [0, 0.1) is 17.8 Å². The van der Waals surface area contributed by atoms with Gasteiger partial charge in [-0.2, -0.15) is 12.6 Å². The molecule has 0 amide bonds. The molecule has 0 aromatic rings. The van der Waals surface area contributed by atoms with Crippen molar-refractivity contribution in [2.45, 2.75) is 34.1 Å². The molecule has 0 aromatic heterocycles. The summed E-state index contributed by atoms with van der Waals surface area (Å²) in [5, 5.41) is 0. The summed E-state index contributed by atoms with van der Waals surface area (Å²) in [6.45, 7) is 9.16. The molecule has 0 aromatic carbocycles. The second-order valence-electron chi connectivity index (χ2n) is 3.77. The van der Waals surface area contributed by atoms with Crippen LogP contribution in [0.4, 0.5) is 0 Å². The predicted molar refractivity (Wildman–Crippen MR) is 51.6 cm³/mol. The molecule has 0 rings (SSSR count). The van der Waals surface area contributed by atoms with E-state index in [-0.39, 0.29) is 0 Å². The summed E-state index contributed by atoms with van der Waals surface area (Å²) in [4.78, 5) is 0. The molecule has 62 valence electrons. The molecule has 0 bridgehead atoms. The SMILES string of the molecule is CC(C)CC(C)C(C)CS.